The van der Waals surface area contributed by atoms with Crippen molar-refractivity contribution in [2.24, 2.45) is 0 Å². The molecule has 0 radical (unpaired) electrons. The molecule has 0 aromatic heterocycles. The molecular weight excluding hydrogens is 516 g/mol. The van der Waals surface area contributed by atoms with Crippen LogP contribution in [0.4, 0.5) is 5.69 Å². The van der Waals surface area contributed by atoms with Crippen molar-refractivity contribution in [3.05, 3.63) is 70.3 Å². The minimum atomic E-state index is -1.59. The largest absolute Gasteiger partial charge is 0.491 e. The minimum Gasteiger partial charge on any atom is -0.491 e. The molecule has 1 amide bonds. The van der Waals surface area contributed by atoms with Gasteiger partial charge in [0.05, 0.1) is 12.3 Å². The number of hydrogen-bond donors (Lipinski definition) is 2. The van der Waals surface area contributed by atoms with Gasteiger partial charge in [0.1, 0.15) is 5.75 Å². The third-order valence-corrected chi connectivity index (χ3v) is 7.44. The molecule has 2 atom stereocenters. The van der Waals surface area contributed by atoms with E-state index in [0.717, 1.165) is 55.8 Å². The van der Waals surface area contributed by atoms with Gasteiger partial charge >= 0.3 is 5.97 Å². The van der Waals surface area contributed by atoms with Crippen molar-refractivity contribution in [2.75, 3.05) is 38.2 Å². The summed E-state index contributed by atoms with van der Waals surface area (Å²) in [7, 11) is 1.81. The van der Waals surface area contributed by atoms with Gasteiger partial charge in [-0.05, 0) is 73.1 Å². The highest BCUT2D eigenvalue weighted by atomic mass is 35.5. The molecule has 0 bridgehead atoms. The number of amides is 1. The molecule has 2 N–H and O–H groups in total. The molecule has 2 aromatic carbocycles. The molecule has 0 saturated carbocycles. The van der Waals surface area contributed by atoms with E-state index < -0.39 is 12.1 Å². The van der Waals surface area contributed by atoms with Crippen LogP contribution in [-0.4, -0.2) is 60.3 Å². The normalized spacial score (nSPS) is 15.9. The van der Waals surface area contributed by atoms with Crippen molar-refractivity contribution in [1.29, 1.82) is 0 Å². The monoisotopic (exact) mass is 556 g/mol. The Morgan fingerprint density at radius 3 is 2.67 bits per heavy atom. The van der Waals surface area contributed by atoms with Crippen molar-refractivity contribution >= 4 is 29.2 Å². The number of aryl methyl sites for hydroxylation is 1. The number of nitrogens with zero attached hydrogens (tertiary/aromatic N) is 2. The van der Waals surface area contributed by atoms with Gasteiger partial charge in [0.15, 0.2) is 6.10 Å². The first-order chi connectivity index (χ1) is 18.7. The lowest BCUT2D eigenvalue weighted by atomic mass is 9.92. The highest BCUT2D eigenvalue weighted by Gasteiger charge is 2.27. The molecular formula is C31H41ClN2O5. The molecule has 39 heavy (non-hydrogen) atoms. The number of carboxylic acids is 1. The van der Waals surface area contributed by atoms with Gasteiger partial charge in [0.25, 0.3) is 0 Å². The maximum atomic E-state index is 11.4. The standard InChI is InChI=1S/C31H41ClN2O5/c1-4-11-23-18-26(32)13-14-27(23)25-20-34(17-10-8-6-5-7-9-16-33(3)22(2)35)28-19-24(30(36)31(37)38)12-15-29(28)39-21-25/h5,7,12-15,18-19,25,30,36H,4,6,8-11,16-17,20-21H2,1-3H3,(H,37,38)/b7-5-. The Hall–Kier alpha value is -3.03. The summed E-state index contributed by atoms with van der Waals surface area (Å²) in [5, 5.41) is 20.3. The molecule has 2 aromatic rings. The second-order valence-corrected chi connectivity index (χ2v) is 10.6. The summed E-state index contributed by atoms with van der Waals surface area (Å²) in [5.74, 6) is -0.398. The van der Waals surface area contributed by atoms with E-state index in [0.29, 0.717) is 31.0 Å². The number of aliphatic hydroxyl groups is 1. The first kappa shape index (κ1) is 30.5. The number of unbranched alkanes of at least 4 members (excludes halogenated alkanes) is 2. The van der Waals surface area contributed by atoms with Crippen LogP contribution in [0.5, 0.6) is 5.75 Å². The highest BCUT2D eigenvalue weighted by molar-refractivity contribution is 6.30. The Labute approximate surface area is 237 Å². The van der Waals surface area contributed by atoms with Gasteiger partial charge in [0, 0.05) is 44.5 Å². The number of fused-ring (bicyclic) bond motifs is 1. The van der Waals surface area contributed by atoms with E-state index in [4.69, 9.17) is 16.3 Å². The molecule has 2 unspecified atom stereocenters. The predicted octanol–water partition coefficient (Wildman–Crippen LogP) is 5.99. The first-order valence-electron chi connectivity index (χ1n) is 13.8. The lowest BCUT2D eigenvalue weighted by Crippen LogP contribution is -2.30. The van der Waals surface area contributed by atoms with Crippen molar-refractivity contribution in [3.8, 4) is 5.75 Å². The van der Waals surface area contributed by atoms with Crippen LogP contribution in [0.3, 0.4) is 0 Å². The zero-order valence-electron chi connectivity index (χ0n) is 23.2. The molecule has 1 aliphatic rings. The zero-order chi connectivity index (χ0) is 28.4. The Bertz CT molecular complexity index is 1150. The van der Waals surface area contributed by atoms with Gasteiger partial charge in [0.2, 0.25) is 5.91 Å². The third kappa shape index (κ3) is 8.73. The van der Waals surface area contributed by atoms with Crippen molar-refractivity contribution < 1.29 is 24.5 Å². The highest BCUT2D eigenvalue weighted by Crippen LogP contribution is 2.38. The number of aliphatic carboxylic acids is 1. The van der Waals surface area contributed by atoms with E-state index in [1.807, 2.05) is 19.2 Å². The summed E-state index contributed by atoms with van der Waals surface area (Å²) >= 11 is 6.32. The predicted molar refractivity (Wildman–Crippen MR) is 156 cm³/mol. The van der Waals surface area contributed by atoms with Gasteiger partial charge in [-0.25, -0.2) is 4.79 Å². The summed E-state index contributed by atoms with van der Waals surface area (Å²) in [4.78, 5) is 26.7. The summed E-state index contributed by atoms with van der Waals surface area (Å²) in [6.07, 6.45) is 8.37. The van der Waals surface area contributed by atoms with E-state index in [-0.39, 0.29) is 11.8 Å². The van der Waals surface area contributed by atoms with Gasteiger partial charge in [-0.3, -0.25) is 4.79 Å². The number of halogens is 1. The summed E-state index contributed by atoms with van der Waals surface area (Å²) in [6, 6.07) is 11.2. The minimum absolute atomic E-state index is 0.0721. The number of allylic oxidation sites excluding steroid dienone is 1. The number of carboxylic acid groups (broad SMARTS) is 1. The van der Waals surface area contributed by atoms with E-state index in [1.54, 1.807) is 30.0 Å². The number of hydrogen-bond acceptors (Lipinski definition) is 5. The smallest absolute Gasteiger partial charge is 0.337 e. The lowest BCUT2D eigenvalue weighted by molar-refractivity contribution is -0.147. The maximum absolute atomic E-state index is 11.4. The molecule has 0 fully saturated rings. The van der Waals surface area contributed by atoms with Crippen molar-refractivity contribution in [1.82, 2.24) is 4.90 Å². The lowest BCUT2D eigenvalue weighted by Gasteiger charge is -2.28. The van der Waals surface area contributed by atoms with Crippen LogP contribution < -0.4 is 9.64 Å². The zero-order valence-corrected chi connectivity index (χ0v) is 24.0. The third-order valence-electron chi connectivity index (χ3n) is 7.20. The molecule has 1 aliphatic heterocycles. The molecule has 0 spiro atoms. The number of carbonyl (C=O) groups excluding carboxylic acids is 1. The molecule has 3 rings (SSSR count). The van der Waals surface area contributed by atoms with Crippen LogP contribution in [0, 0.1) is 0 Å². The van der Waals surface area contributed by atoms with Gasteiger partial charge < -0.3 is 24.7 Å². The van der Waals surface area contributed by atoms with E-state index in [9.17, 15) is 19.8 Å². The van der Waals surface area contributed by atoms with Gasteiger partial charge in [-0.15, -0.1) is 0 Å². The topological polar surface area (TPSA) is 90.3 Å². The molecule has 0 saturated heterocycles. The van der Waals surface area contributed by atoms with Crippen molar-refractivity contribution in [2.45, 2.75) is 64.4 Å². The molecule has 7 nitrogen and oxygen atoms in total. The number of rotatable bonds is 13. The first-order valence-corrected chi connectivity index (χ1v) is 14.2. The second kappa shape index (κ2) is 14.9. The van der Waals surface area contributed by atoms with E-state index in [2.05, 4.69) is 30.0 Å². The average molecular weight is 557 g/mol. The van der Waals surface area contributed by atoms with Crippen molar-refractivity contribution in [3.63, 3.8) is 0 Å². The SMILES string of the molecule is CCCc1cc(Cl)ccc1C1COc2ccc(C(O)C(=O)O)cc2N(CCCC/C=C\CCN(C)C(C)=O)C1. The van der Waals surface area contributed by atoms with E-state index in [1.165, 1.54) is 11.1 Å². The second-order valence-electron chi connectivity index (χ2n) is 10.2. The number of benzene rings is 2. The van der Waals surface area contributed by atoms with Crippen LogP contribution in [0.2, 0.25) is 5.02 Å². The van der Waals surface area contributed by atoms with E-state index >= 15 is 0 Å². The summed E-state index contributed by atoms with van der Waals surface area (Å²) in [6.45, 7) is 6.43. The summed E-state index contributed by atoms with van der Waals surface area (Å²) < 4.78 is 6.27. The van der Waals surface area contributed by atoms with Crippen LogP contribution in [0.25, 0.3) is 0 Å². The van der Waals surface area contributed by atoms with Gasteiger partial charge in [-0.1, -0.05) is 49.2 Å². The molecule has 0 aliphatic carbocycles. The Kier molecular flexibility index (Phi) is 11.7. The van der Waals surface area contributed by atoms with Gasteiger partial charge in [-0.2, -0.15) is 0 Å². The molecule has 8 heteroatoms. The van der Waals surface area contributed by atoms with Crippen LogP contribution >= 0.6 is 11.6 Å². The Morgan fingerprint density at radius 1 is 1.18 bits per heavy atom. The molecule has 1 heterocycles. The number of carbonyl (C=O) groups is 2. The quantitative estimate of drug-likeness (QED) is 0.233. The Morgan fingerprint density at radius 2 is 1.95 bits per heavy atom. The fourth-order valence-electron chi connectivity index (χ4n) is 4.91. The van der Waals surface area contributed by atoms with Crippen LogP contribution in [-0.2, 0) is 16.0 Å². The number of anilines is 1. The van der Waals surface area contributed by atoms with Crippen LogP contribution in [0.15, 0.2) is 48.6 Å². The molecule has 212 valence electrons. The average Bonchev–Trinajstić information content (AvgIpc) is 3.09. The van der Waals surface area contributed by atoms with Crippen LogP contribution in [0.1, 0.15) is 74.7 Å². The fraction of sp³-hybridized carbons (Fsp3) is 0.484. The summed E-state index contributed by atoms with van der Waals surface area (Å²) in [5.41, 5.74) is 3.60. The fourth-order valence-corrected chi connectivity index (χ4v) is 5.10. The number of ether oxygens (including phenoxy) is 1. The number of aliphatic hydroxyl groups excluding tert-OH is 1. The Balaban J connectivity index is 1.75. The maximum Gasteiger partial charge on any atom is 0.337 e.